The van der Waals surface area contributed by atoms with E-state index in [1.165, 1.54) is 10.4 Å². The summed E-state index contributed by atoms with van der Waals surface area (Å²) in [5.74, 6) is 0.708. The predicted molar refractivity (Wildman–Crippen MR) is 99.6 cm³/mol. The molecule has 1 aromatic carbocycles. The molecule has 1 aliphatic rings. The van der Waals surface area contributed by atoms with Gasteiger partial charge in [0.25, 0.3) is 0 Å². The fourth-order valence-corrected chi connectivity index (χ4v) is 3.40. The Bertz CT molecular complexity index is 712. The van der Waals surface area contributed by atoms with Crippen LogP contribution >= 0.6 is 11.3 Å². The third kappa shape index (κ3) is 3.94. The van der Waals surface area contributed by atoms with Gasteiger partial charge in [-0.05, 0) is 36.4 Å². The second kappa shape index (κ2) is 7.97. The van der Waals surface area contributed by atoms with Crippen molar-refractivity contribution in [3.8, 4) is 0 Å². The molecule has 0 radical (unpaired) electrons. The number of aliphatic imine (C=N–C) groups is 1. The Labute approximate surface area is 146 Å². The molecule has 1 aromatic heterocycles. The van der Waals surface area contributed by atoms with Crippen molar-refractivity contribution in [2.75, 3.05) is 24.5 Å². The van der Waals surface area contributed by atoms with E-state index in [1.54, 1.807) is 11.3 Å². The monoisotopic (exact) mass is 342 g/mol. The second-order valence-corrected chi connectivity index (χ2v) is 6.58. The highest BCUT2D eigenvalue weighted by Crippen LogP contribution is 2.27. The first-order valence-electron chi connectivity index (χ1n) is 8.20. The zero-order valence-electron chi connectivity index (χ0n) is 13.8. The van der Waals surface area contributed by atoms with Gasteiger partial charge in [0.15, 0.2) is 5.96 Å². The molecule has 0 aliphatic carbocycles. The van der Waals surface area contributed by atoms with Gasteiger partial charge in [0.05, 0.1) is 6.54 Å². The minimum Gasteiger partial charge on any atom is -0.357 e. The summed E-state index contributed by atoms with van der Waals surface area (Å²) < 4.78 is 0. The first kappa shape index (κ1) is 16.5. The SMILES string of the molecule is CCNC(=NCC(=O)N1CCc2ccccc21)NCc1cccs1. The summed E-state index contributed by atoms with van der Waals surface area (Å²) in [5, 5.41) is 8.50. The number of carbonyl (C=O) groups is 1. The molecule has 0 spiro atoms. The van der Waals surface area contributed by atoms with Gasteiger partial charge in [0, 0.05) is 23.7 Å². The van der Waals surface area contributed by atoms with Crippen LogP contribution in [0.3, 0.4) is 0 Å². The van der Waals surface area contributed by atoms with E-state index in [1.807, 2.05) is 36.1 Å². The number of hydrogen-bond donors (Lipinski definition) is 2. The highest BCUT2D eigenvalue weighted by Gasteiger charge is 2.23. The Morgan fingerprint density at radius 1 is 1.25 bits per heavy atom. The van der Waals surface area contributed by atoms with Crippen LogP contribution in [0.1, 0.15) is 17.4 Å². The average molecular weight is 342 g/mol. The van der Waals surface area contributed by atoms with Gasteiger partial charge >= 0.3 is 0 Å². The minimum absolute atomic E-state index is 0.0354. The first-order valence-corrected chi connectivity index (χ1v) is 9.08. The van der Waals surface area contributed by atoms with Gasteiger partial charge < -0.3 is 15.5 Å². The Morgan fingerprint density at radius 3 is 2.92 bits per heavy atom. The molecule has 0 fully saturated rings. The van der Waals surface area contributed by atoms with Crippen molar-refractivity contribution in [2.45, 2.75) is 19.9 Å². The number of guanidine groups is 1. The van der Waals surface area contributed by atoms with Crippen LogP contribution in [0, 0.1) is 0 Å². The standard InChI is InChI=1S/C18H22N4OS/c1-2-19-18(20-12-15-7-5-11-24-15)21-13-17(23)22-10-9-14-6-3-4-8-16(14)22/h3-8,11H,2,9-10,12-13H2,1H3,(H2,19,20,21). The van der Waals surface area contributed by atoms with Gasteiger partial charge in [-0.2, -0.15) is 0 Å². The summed E-state index contributed by atoms with van der Waals surface area (Å²) >= 11 is 1.70. The number of nitrogens with zero attached hydrogens (tertiary/aromatic N) is 2. The van der Waals surface area contributed by atoms with Crippen LogP contribution in [-0.4, -0.2) is 31.5 Å². The molecule has 126 valence electrons. The van der Waals surface area contributed by atoms with E-state index in [-0.39, 0.29) is 12.5 Å². The zero-order chi connectivity index (χ0) is 16.8. The summed E-state index contributed by atoms with van der Waals surface area (Å²) in [6.07, 6.45) is 0.919. The molecule has 3 rings (SSSR count). The number of amides is 1. The molecule has 0 saturated heterocycles. The summed E-state index contributed by atoms with van der Waals surface area (Å²) in [7, 11) is 0. The van der Waals surface area contributed by atoms with Crippen LogP contribution in [0.25, 0.3) is 0 Å². The largest absolute Gasteiger partial charge is 0.357 e. The number of thiophene rings is 1. The lowest BCUT2D eigenvalue weighted by molar-refractivity contribution is -0.117. The number of benzene rings is 1. The Balaban J connectivity index is 1.60. The van der Waals surface area contributed by atoms with Crippen molar-refractivity contribution < 1.29 is 4.79 Å². The maximum atomic E-state index is 12.5. The lowest BCUT2D eigenvalue weighted by Crippen LogP contribution is -2.38. The molecule has 24 heavy (non-hydrogen) atoms. The summed E-state index contributed by atoms with van der Waals surface area (Å²) in [4.78, 5) is 20.0. The molecular weight excluding hydrogens is 320 g/mol. The third-order valence-electron chi connectivity index (χ3n) is 3.92. The maximum Gasteiger partial charge on any atom is 0.248 e. The Hall–Kier alpha value is -2.34. The van der Waals surface area contributed by atoms with Gasteiger partial charge in [-0.3, -0.25) is 4.79 Å². The van der Waals surface area contributed by atoms with Crippen LogP contribution in [0.2, 0.25) is 0 Å². The Morgan fingerprint density at radius 2 is 2.12 bits per heavy atom. The van der Waals surface area contributed by atoms with Crippen LogP contribution in [-0.2, 0) is 17.8 Å². The first-order chi connectivity index (χ1) is 11.8. The van der Waals surface area contributed by atoms with E-state index in [0.29, 0.717) is 12.5 Å². The molecule has 0 bridgehead atoms. The molecule has 2 N–H and O–H groups in total. The quantitative estimate of drug-likeness (QED) is 0.648. The van der Waals surface area contributed by atoms with Crippen molar-refractivity contribution in [3.05, 3.63) is 52.2 Å². The van der Waals surface area contributed by atoms with Crippen molar-refractivity contribution in [2.24, 2.45) is 4.99 Å². The van der Waals surface area contributed by atoms with Crippen molar-refractivity contribution >= 4 is 28.9 Å². The van der Waals surface area contributed by atoms with Gasteiger partial charge in [-0.25, -0.2) is 4.99 Å². The van der Waals surface area contributed by atoms with Crippen LogP contribution < -0.4 is 15.5 Å². The minimum atomic E-state index is 0.0354. The lowest BCUT2D eigenvalue weighted by Gasteiger charge is -2.17. The van der Waals surface area contributed by atoms with E-state index in [2.05, 4.69) is 33.1 Å². The fourth-order valence-electron chi connectivity index (χ4n) is 2.76. The van der Waals surface area contributed by atoms with Gasteiger partial charge in [-0.15, -0.1) is 11.3 Å². The molecule has 1 amide bonds. The zero-order valence-corrected chi connectivity index (χ0v) is 14.6. The van der Waals surface area contributed by atoms with Gasteiger partial charge in [0.1, 0.15) is 6.54 Å². The Kier molecular flexibility index (Phi) is 5.48. The number of para-hydroxylation sites is 1. The van der Waals surface area contributed by atoms with Crippen molar-refractivity contribution in [1.82, 2.24) is 10.6 Å². The molecule has 6 heteroatoms. The number of nitrogens with one attached hydrogen (secondary N) is 2. The fraction of sp³-hybridized carbons (Fsp3) is 0.333. The average Bonchev–Trinajstić information content (AvgIpc) is 3.26. The molecule has 0 saturated carbocycles. The topological polar surface area (TPSA) is 56.7 Å². The maximum absolute atomic E-state index is 12.5. The highest BCUT2D eigenvalue weighted by molar-refractivity contribution is 7.09. The summed E-state index contributed by atoms with van der Waals surface area (Å²) in [6, 6.07) is 12.2. The smallest absolute Gasteiger partial charge is 0.248 e. The summed E-state index contributed by atoms with van der Waals surface area (Å²) in [5.41, 5.74) is 2.26. The van der Waals surface area contributed by atoms with Crippen LogP contribution in [0.15, 0.2) is 46.8 Å². The van der Waals surface area contributed by atoms with Gasteiger partial charge in [0.2, 0.25) is 5.91 Å². The molecule has 0 atom stereocenters. The molecule has 5 nitrogen and oxygen atoms in total. The van der Waals surface area contributed by atoms with Gasteiger partial charge in [-0.1, -0.05) is 24.3 Å². The number of anilines is 1. The third-order valence-corrected chi connectivity index (χ3v) is 4.79. The molecular formula is C18H22N4OS. The molecule has 0 unspecified atom stereocenters. The second-order valence-electron chi connectivity index (χ2n) is 5.55. The van der Waals surface area contributed by atoms with Crippen LogP contribution in [0.4, 0.5) is 5.69 Å². The molecule has 2 aromatic rings. The van der Waals surface area contributed by atoms with E-state index in [4.69, 9.17) is 0 Å². The van der Waals surface area contributed by atoms with Crippen molar-refractivity contribution in [1.29, 1.82) is 0 Å². The van der Waals surface area contributed by atoms with Crippen LogP contribution in [0.5, 0.6) is 0 Å². The molecule has 1 aliphatic heterocycles. The predicted octanol–water partition coefficient (Wildman–Crippen LogP) is 2.39. The normalized spacial score (nSPS) is 13.7. The number of rotatable bonds is 5. The lowest BCUT2D eigenvalue weighted by atomic mass is 10.2. The van der Waals surface area contributed by atoms with Crippen molar-refractivity contribution in [3.63, 3.8) is 0 Å². The number of carbonyl (C=O) groups excluding carboxylic acids is 1. The summed E-state index contributed by atoms with van der Waals surface area (Å²) in [6.45, 7) is 4.38. The van der Waals surface area contributed by atoms with E-state index in [9.17, 15) is 4.79 Å². The number of fused-ring (bicyclic) bond motifs is 1. The highest BCUT2D eigenvalue weighted by atomic mass is 32.1. The van der Waals surface area contributed by atoms with E-state index in [0.717, 1.165) is 25.2 Å². The number of hydrogen-bond acceptors (Lipinski definition) is 3. The van der Waals surface area contributed by atoms with E-state index < -0.39 is 0 Å². The van der Waals surface area contributed by atoms with E-state index >= 15 is 0 Å². The molecule has 2 heterocycles.